The summed E-state index contributed by atoms with van der Waals surface area (Å²) in [6, 6.07) is 4.13. The van der Waals surface area contributed by atoms with E-state index in [0.29, 0.717) is 5.75 Å². The van der Waals surface area contributed by atoms with Crippen molar-refractivity contribution in [1.82, 2.24) is 4.57 Å². The maximum absolute atomic E-state index is 11.1. The van der Waals surface area contributed by atoms with E-state index in [1.54, 1.807) is 0 Å². The highest BCUT2D eigenvalue weighted by molar-refractivity contribution is 7.99. The van der Waals surface area contributed by atoms with Crippen LogP contribution in [0.25, 0.3) is 0 Å². The molecular formula is C12H20N2O2S. The van der Waals surface area contributed by atoms with Gasteiger partial charge in [-0.2, -0.15) is 0 Å². The van der Waals surface area contributed by atoms with Crippen LogP contribution >= 0.6 is 11.8 Å². The summed E-state index contributed by atoms with van der Waals surface area (Å²) in [5, 5.41) is 1.08. The third kappa shape index (κ3) is 3.43. The van der Waals surface area contributed by atoms with Crippen LogP contribution in [0.5, 0.6) is 0 Å². The summed E-state index contributed by atoms with van der Waals surface area (Å²) >= 11 is 1.50. The molecule has 1 rings (SSSR count). The van der Waals surface area contributed by atoms with Crippen LogP contribution in [-0.4, -0.2) is 36.5 Å². The van der Waals surface area contributed by atoms with E-state index < -0.39 is 0 Å². The first-order chi connectivity index (χ1) is 8.13. The van der Waals surface area contributed by atoms with Crippen molar-refractivity contribution in [3.8, 4) is 0 Å². The summed E-state index contributed by atoms with van der Waals surface area (Å²) in [6.45, 7) is 6.24. The Kier molecular flexibility index (Phi) is 5.41. The minimum absolute atomic E-state index is 0.194. The number of ether oxygens (including phenoxy) is 1. The van der Waals surface area contributed by atoms with Gasteiger partial charge in [0.25, 0.3) is 0 Å². The van der Waals surface area contributed by atoms with Gasteiger partial charge in [-0.15, -0.1) is 0 Å². The lowest BCUT2D eigenvalue weighted by Crippen LogP contribution is -2.24. The van der Waals surface area contributed by atoms with Gasteiger partial charge in [-0.25, -0.2) is 0 Å². The Balaban J connectivity index is 2.73. The highest BCUT2D eigenvalue weighted by Crippen LogP contribution is 2.25. The van der Waals surface area contributed by atoms with Crippen LogP contribution in [0, 0.1) is 0 Å². The molecule has 0 bridgehead atoms. The fourth-order valence-electron chi connectivity index (χ4n) is 1.68. The molecule has 0 spiro atoms. The molecule has 0 radical (unpaired) electrons. The predicted molar refractivity (Wildman–Crippen MR) is 71.7 cm³/mol. The van der Waals surface area contributed by atoms with Gasteiger partial charge in [-0.3, -0.25) is 4.79 Å². The number of rotatable bonds is 6. The second kappa shape index (κ2) is 6.59. The number of carbonyl (C=O) groups excluding carboxylic acids is 1. The molecule has 0 fully saturated rings. The van der Waals surface area contributed by atoms with Crippen LogP contribution in [0.4, 0.5) is 5.82 Å². The Bertz CT molecular complexity index is 373. The van der Waals surface area contributed by atoms with Gasteiger partial charge in [-0.1, -0.05) is 11.8 Å². The first kappa shape index (κ1) is 14.0. The quantitative estimate of drug-likeness (QED) is 0.577. The zero-order valence-corrected chi connectivity index (χ0v) is 11.7. The second-order valence-electron chi connectivity index (χ2n) is 3.63. The van der Waals surface area contributed by atoms with Crippen molar-refractivity contribution in [3.63, 3.8) is 0 Å². The number of nitrogens with zero attached hydrogens (tertiary/aromatic N) is 2. The number of esters is 1. The molecule has 0 aromatic carbocycles. The van der Waals surface area contributed by atoms with Gasteiger partial charge in [0.15, 0.2) is 0 Å². The second-order valence-corrected chi connectivity index (χ2v) is 4.62. The average molecular weight is 256 g/mol. The minimum Gasteiger partial charge on any atom is -0.468 e. The largest absolute Gasteiger partial charge is 0.468 e. The lowest BCUT2D eigenvalue weighted by molar-refractivity contribution is -0.137. The standard InChI is InChI=1S/C12H20N2O2S/c1-5-14(6-2)10-7-8-11(13(10)3)17-9-12(15)16-4/h7-8H,5-6,9H2,1-4H3. The first-order valence-corrected chi connectivity index (χ1v) is 6.72. The Hall–Kier alpha value is -1.10. The number of hydrogen-bond acceptors (Lipinski definition) is 4. The van der Waals surface area contributed by atoms with Gasteiger partial charge < -0.3 is 14.2 Å². The minimum atomic E-state index is -0.194. The van der Waals surface area contributed by atoms with Crippen molar-refractivity contribution < 1.29 is 9.53 Å². The summed E-state index contributed by atoms with van der Waals surface area (Å²) in [4.78, 5) is 13.4. The van der Waals surface area contributed by atoms with Crippen LogP contribution in [0.15, 0.2) is 17.2 Å². The molecule has 0 atom stereocenters. The van der Waals surface area contributed by atoms with Crippen molar-refractivity contribution in [2.75, 3.05) is 30.9 Å². The van der Waals surface area contributed by atoms with Gasteiger partial charge in [0.05, 0.1) is 17.9 Å². The number of anilines is 1. The lowest BCUT2D eigenvalue weighted by Gasteiger charge is -2.21. The van der Waals surface area contributed by atoms with Crippen molar-refractivity contribution >= 4 is 23.5 Å². The molecule has 1 aromatic heterocycles. The molecule has 0 aliphatic carbocycles. The number of methoxy groups -OCH3 is 1. The van der Waals surface area contributed by atoms with E-state index in [9.17, 15) is 4.79 Å². The molecule has 0 aliphatic rings. The van der Waals surface area contributed by atoms with Crippen molar-refractivity contribution in [2.45, 2.75) is 18.9 Å². The zero-order chi connectivity index (χ0) is 12.8. The van der Waals surface area contributed by atoms with E-state index in [2.05, 4.69) is 34.1 Å². The lowest BCUT2D eigenvalue weighted by atomic mass is 10.5. The summed E-state index contributed by atoms with van der Waals surface area (Å²) in [5.41, 5.74) is 0. The Morgan fingerprint density at radius 1 is 1.41 bits per heavy atom. The zero-order valence-electron chi connectivity index (χ0n) is 10.9. The van der Waals surface area contributed by atoms with Crippen molar-refractivity contribution in [3.05, 3.63) is 12.1 Å². The summed E-state index contributed by atoms with van der Waals surface area (Å²) in [7, 11) is 3.43. The third-order valence-corrected chi connectivity index (χ3v) is 3.79. The van der Waals surface area contributed by atoms with E-state index in [1.807, 2.05) is 13.1 Å². The Morgan fingerprint density at radius 2 is 2.06 bits per heavy atom. The number of aromatic nitrogens is 1. The molecule has 17 heavy (non-hydrogen) atoms. The van der Waals surface area contributed by atoms with Crippen LogP contribution in [0.3, 0.4) is 0 Å². The smallest absolute Gasteiger partial charge is 0.316 e. The van der Waals surface area contributed by atoms with E-state index in [0.717, 1.165) is 18.1 Å². The average Bonchev–Trinajstić information content (AvgIpc) is 2.70. The van der Waals surface area contributed by atoms with E-state index in [-0.39, 0.29) is 5.97 Å². The van der Waals surface area contributed by atoms with Gasteiger partial charge in [0.1, 0.15) is 5.82 Å². The molecule has 0 unspecified atom stereocenters. The fraction of sp³-hybridized carbons (Fsp3) is 0.583. The van der Waals surface area contributed by atoms with Crippen LogP contribution in [0.2, 0.25) is 0 Å². The van der Waals surface area contributed by atoms with Gasteiger partial charge >= 0.3 is 5.97 Å². The highest BCUT2D eigenvalue weighted by atomic mass is 32.2. The Labute approximate surface area is 107 Å². The molecule has 4 nitrogen and oxygen atoms in total. The first-order valence-electron chi connectivity index (χ1n) is 5.74. The maximum Gasteiger partial charge on any atom is 0.316 e. The van der Waals surface area contributed by atoms with Crippen LogP contribution < -0.4 is 4.90 Å². The SMILES string of the molecule is CCN(CC)c1ccc(SCC(=O)OC)n1C. The summed E-state index contributed by atoms with van der Waals surface area (Å²) < 4.78 is 6.74. The molecule has 0 N–H and O–H groups in total. The molecule has 0 aliphatic heterocycles. The normalized spacial score (nSPS) is 10.4. The number of carbonyl (C=O) groups is 1. The van der Waals surface area contributed by atoms with E-state index in [1.165, 1.54) is 24.7 Å². The molecular weight excluding hydrogens is 236 g/mol. The third-order valence-electron chi connectivity index (χ3n) is 2.70. The van der Waals surface area contributed by atoms with Gasteiger partial charge in [-0.05, 0) is 26.0 Å². The van der Waals surface area contributed by atoms with Gasteiger partial charge in [0, 0.05) is 20.1 Å². The number of hydrogen-bond donors (Lipinski definition) is 0. The molecule has 0 amide bonds. The highest BCUT2D eigenvalue weighted by Gasteiger charge is 2.11. The van der Waals surface area contributed by atoms with Crippen LogP contribution in [0.1, 0.15) is 13.8 Å². The maximum atomic E-state index is 11.1. The predicted octanol–water partition coefficient (Wildman–Crippen LogP) is 2.14. The number of thioether (sulfide) groups is 1. The topological polar surface area (TPSA) is 34.5 Å². The van der Waals surface area contributed by atoms with Crippen LogP contribution in [-0.2, 0) is 16.6 Å². The molecule has 5 heteroatoms. The summed E-state index contributed by atoms with van der Waals surface area (Å²) in [5.74, 6) is 1.34. The van der Waals surface area contributed by atoms with E-state index >= 15 is 0 Å². The molecule has 96 valence electrons. The summed E-state index contributed by atoms with van der Waals surface area (Å²) in [6.07, 6.45) is 0. The molecule has 1 aromatic rings. The monoisotopic (exact) mass is 256 g/mol. The van der Waals surface area contributed by atoms with Crippen molar-refractivity contribution in [2.24, 2.45) is 7.05 Å². The fourth-order valence-corrected chi connectivity index (χ4v) is 2.52. The van der Waals surface area contributed by atoms with E-state index in [4.69, 9.17) is 0 Å². The molecule has 1 heterocycles. The van der Waals surface area contributed by atoms with Gasteiger partial charge in [0.2, 0.25) is 0 Å². The van der Waals surface area contributed by atoms with Crippen molar-refractivity contribution in [1.29, 1.82) is 0 Å². The Morgan fingerprint density at radius 3 is 2.59 bits per heavy atom. The molecule has 0 saturated heterocycles. The molecule has 0 saturated carbocycles.